The van der Waals surface area contributed by atoms with E-state index in [-0.39, 0.29) is 13.1 Å². The zero-order chi connectivity index (χ0) is 19.4. The Bertz CT molecular complexity index is 816. The predicted octanol–water partition coefficient (Wildman–Crippen LogP) is 1.38. The van der Waals surface area contributed by atoms with Crippen LogP contribution in [0.15, 0.2) is 47.1 Å². The Labute approximate surface area is 156 Å². The molecule has 27 heavy (non-hydrogen) atoms. The Balaban J connectivity index is 1.55. The van der Waals surface area contributed by atoms with Crippen molar-refractivity contribution in [3.63, 3.8) is 0 Å². The number of nitrogens with one attached hydrogen (secondary N) is 1. The third kappa shape index (κ3) is 4.01. The molecule has 1 saturated heterocycles. The molecule has 1 aromatic heterocycles. The summed E-state index contributed by atoms with van der Waals surface area (Å²) in [6.45, 7) is 2.57. The number of likely N-dealkylation sites (N-methyl/N-ethyl adjacent to an activating group) is 1. The average Bonchev–Trinajstić information content (AvgIpc) is 3.23. The maximum absolute atomic E-state index is 12.2. The SMILES string of the molecule is CCN1CCN(C(=O)NC[C@@H](O)c2ccc(-c3ccco3)cc2)C(=O)C1=O. The summed E-state index contributed by atoms with van der Waals surface area (Å²) in [5.74, 6) is -0.815. The lowest BCUT2D eigenvalue weighted by atomic mass is 10.1. The van der Waals surface area contributed by atoms with Crippen molar-refractivity contribution in [1.82, 2.24) is 15.1 Å². The molecule has 2 N–H and O–H groups in total. The Morgan fingerprint density at radius 1 is 1.19 bits per heavy atom. The van der Waals surface area contributed by atoms with E-state index < -0.39 is 23.9 Å². The monoisotopic (exact) mass is 371 g/mol. The van der Waals surface area contributed by atoms with Gasteiger partial charge >= 0.3 is 17.8 Å². The summed E-state index contributed by atoms with van der Waals surface area (Å²) < 4.78 is 5.31. The summed E-state index contributed by atoms with van der Waals surface area (Å²) in [7, 11) is 0. The van der Waals surface area contributed by atoms with Crippen LogP contribution < -0.4 is 5.32 Å². The van der Waals surface area contributed by atoms with Crippen molar-refractivity contribution in [3.8, 4) is 11.3 Å². The van der Waals surface area contributed by atoms with Crippen LogP contribution >= 0.6 is 0 Å². The van der Waals surface area contributed by atoms with E-state index in [1.807, 2.05) is 18.2 Å². The van der Waals surface area contributed by atoms with E-state index >= 15 is 0 Å². The summed E-state index contributed by atoms with van der Waals surface area (Å²) in [6.07, 6.45) is 0.641. The van der Waals surface area contributed by atoms with Gasteiger partial charge in [0.2, 0.25) is 0 Å². The normalized spacial score (nSPS) is 15.8. The van der Waals surface area contributed by atoms with Crippen LogP contribution in [0.25, 0.3) is 11.3 Å². The van der Waals surface area contributed by atoms with E-state index in [1.165, 1.54) is 4.90 Å². The number of aliphatic hydroxyl groups is 1. The van der Waals surface area contributed by atoms with Gasteiger partial charge in [-0.15, -0.1) is 0 Å². The van der Waals surface area contributed by atoms with Gasteiger partial charge in [0, 0.05) is 31.7 Å². The number of amides is 4. The Hall–Kier alpha value is -3.13. The molecule has 2 aromatic rings. The Morgan fingerprint density at radius 3 is 2.56 bits per heavy atom. The molecule has 8 nitrogen and oxygen atoms in total. The van der Waals surface area contributed by atoms with Crippen molar-refractivity contribution in [2.45, 2.75) is 13.0 Å². The minimum Gasteiger partial charge on any atom is -0.464 e. The van der Waals surface area contributed by atoms with Crippen molar-refractivity contribution in [2.24, 2.45) is 0 Å². The molecule has 142 valence electrons. The molecule has 1 aromatic carbocycles. The summed E-state index contributed by atoms with van der Waals surface area (Å²) in [4.78, 5) is 38.3. The van der Waals surface area contributed by atoms with Crippen molar-refractivity contribution in [2.75, 3.05) is 26.2 Å². The largest absolute Gasteiger partial charge is 0.464 e. The summed E-state index contributed by atoms with van der Waals surface area (Å²) in [5.41, 5.74) is 1.49. The fourth-order valence-corrected chi connectivity index (χ4v) is 2.88. The maximum atomic E-state index is 12.2. The van der Waals surface area contributed by atoms with Crippen LogP contribution in [0.2, 0.25) is 0 Å². The second kappa shape index (κ2) is 8.05. The van der Waals surface area contributed by atoms with E-state index in [0.29, 0.717) is 18.7 Å². The van der Waals surface area contributed by atoms with E-state index in [1.54, 1.807) is 31.4 Å². The van der Waals surface area contributed by atoms with E-state index in [9.17, 15) is 19.5 Å². The number of hydrogen-bond acceptors (Lipinski definition) is 5. The van der Waals surface area contributed by atoms with Gasteiger partial charge in [-0.05, 0) is 24.6 Å². The lowest BCUT2D eigenvalue weighted by molar-refractivity contribution is -0.153. The summed E-state index contributed by atoms with van der Waals surface area (Å²) in [6, 6.07) is 10.0. The van der Waals surface area contributed by atoms with Gasteiger partial charge in [0.05, 0.1) is 12.4 Å². The van der Waals surface area contributed by atoms with Gasteiger partial charge in [-0.3, -0.25) is 14.5 Å². The first-order valence-corrected chi connectivity index (χ1v) is 8.71. The number of urea groups is 1. The van der Waals surface area contributed by atoms with Crippen molar-refractivity contribution < 1.29 is 23.9 Å². The van der Waals surface area contributed by atoms with E-state index in [4.69, 9.17) is 4.42 Å². The van der Waals surface area contributed by atoms with Crippen molar-refractivity contribution >= 4 is 17.8 Å². The minimum absolute atomic E-state index is 0.0750. The second-order valence-corrected chi connectivity index (χ2v) is 6.14. The van der Waals surface area contributed by atoms with Crippen LogP contribution in [-0.4, -0.2) is 58.9 Å². The number of imide groups is 1. The molecule has 2 heterocycles. The zero-order valence-corrected chi connectivity index (χ0v) is 14.9. The number of rotatable bonds is 5. The molecule has 0 unspecified atom stereocenters. The highest BCUT2D eigenvalue weighted by Crippen LogP contribution is 2.22. The van der Waals surface area contributed by atoms with Gasteiger partial charge in [-0.1, -0.05) is 24.3 Å². The molecule has 0 radical (unpaired) electrons. The first-order valence-electron chi connectivity index (χ1n) is 8.71. The van der Waals surface area contributed by atoms with Gasteiger partial charge < -0.3 is 19.7 Å². The standard InChI is InChI=1S/C19H21N3O5/c1-2-21-9-10-22(18(25)17(21)24)19(26)20-12-15(23)13-5-7-14(8-6-13)16-4-3-11-27-16/h3-8,11,15,23H,2,9-10,12H2,1H3,(H,20,26)/t15-/m1/s1. The molecule has 1 aliphatic rings. The molecule has 1 aliphatic heterocycles. The number of carbonyl (C=O) groups excluding carboxylic acids is 3. The molecular weight excluding hydrogens is 350 g/mol. The fourth-order valence-electron chi connectivity index (χ4n) is 2.88. The third-order valence-electron chi connectivity index (χ3n) is 4.48. The summed E-state index contributed by atoms with van der Waals surface area (Å²) in [5, 5.41) is 12.8. The topological polar surface area (TPSA) is 103 Å². The fraction of sp³-hybridized carbons (Fsp3) is 0.316. The molecule has 0 aliphatic carbocycles. The predicted molar refractivity (Wildman–Crippen MR) is 96.5 cm³/mol. The highest BCUT2D eigenvalue weighted by Gasteiger charge is 2.35. The van der Waals surface area contributed by atoms with Crippen LogP contribution in [0, 0.1) is 0 Å². The number of furan rings is 1. The minimum atomic E-state index is -0.942. The smallest absolute Gasteiger partial charge is 0.324 e. The maximum Gasteiger partial charge on any atom is 0.324 e. The van der Waals surface area contributed by atoms with Crippen LogP contribution in [0.3, 0.4) is 0 Å². The van der Waals surface area contributed by atoms with Gasteiger partial charge in [-0.25, -0.2) is 4.79 Å². The Morgan fingerprint density at radius 2 is 1.93 bits per heavy atom. The molecule has 3 rings (SSSR count). The van der Waals surface area contributed by atoms with Crippen LogP contribution in [0.4, 0.5) is 4.79 Å². The molecular formula is C19H21N3O5. The average molecular weight is 371 g/mol. The highest BCUT2D eigenvalue weighted by atomic mass is 16.3. The van der Waals surface area contributed by atoms with Gasteiger partial charge in [0.15, 0.2) is 0 Å². The van der Waals surface area contributed by atoms with Crippen LogP contribution in [-0.2, 0) is 9.59 Å². The molecule has 1 atom stereocenters. The highest BCUT2D eigenvalue weighted by molar-refractivity contribution is 6.38. The molecule has 4 amide bonds. The van der Waals surface area contributed by atoms with Crippen molar-refractivity contribution in [3.05, 3.63) is 48.2 Å². The number of hydrogen-bond donors (Lipinski definition) is 2. The number of benzene rings is 1. The third-order valence-corrected chi connectivity index (χ3v) is 4.48. The van der Waals surface area contributed by atoms with E-state index in [2.05, 4.69) is 5.32 Å². The first-order chi connectivity index (χ1) is 13.0. The van der Waals surface area contributed by atoms with E-state index in [0.717, 1.165) is 16.2 Å². The van der Waals surface area contributed by atoms with Gasteiger partial charge in [-0.2, -0.15) is 0 Å². The van der Waals surface area contributed by atoms with Gasteiger partial charge in [0.25, 0.3) is 0 Å². The number of piperazine rings is 1. The molecule has 1 fully saturated rings. The molecule has 8 heteroatoms. The number of aliphatic hydroxyl groups excluding tert-OH is 1. The lowest BCUT2D eigenvalue weighted by Crippen LogP contribution is -2.58. The Kier molecular flexibility index (Phi) is 5.56. The summed E-state index contributed by atoms with van der Waals surface area (Å²) >= 11 is 0. The number of nitrogens with zero attached hydrogens (tertiary/aromatic N) is 2. The lowest BCUT2D eigenvalue weighted by Gasteiger charge is -2.31. The van der Waals surface area contributed by atoms with Crippen LogP contribution in [0.1, 0.15) is 18.6 Å². The van der Waals surface area contributed by atoms with Gasteiger partial charge in [0.1, 0.15) is 5.76 Å². The molecule has 0 spiro atoms. The van der Waals surface area contributed by atoms with Crippen molar-refractivity contribution in [1.29, 1.82) is 0 Å². The quantitative estimate of drug-likeness (QED) is 0.773. The molecule has 0 saturated carbocycles. The first kappa shape index (κ1) is 18.7. The second-order valence-electron chi connectivity index (χ2n) is 6.14. The van der Waals surface area contributed by atoms with Crippen LogP contribution in [0.5, 0.6) is 0 Å². The zero-order valence-electron chi connectivity index (χ0n) is 14.9. The molecule has 0 bridgehead atoms. The number of carbonyl (C=O) groups is 3.